The summed E-state index contributed by atoms with van der Waals surface area (Å²) in [5.41, 5.74) is 10.6. The van der Waals surface area contributed by atoms with Gasteiger partial charge in [0.2, 0.25) is 0 Å². The van der Waals surface area contributed by atoms with E-state index in [2.05, 4.69) is 15.0 Å². The van der Waals surface area contributed by atoms with E-state index in [4.69, 9.17) is 36.2 Å². The van der Waals surface area contributed by atoms with Crippen LogP contribution in [0.4, 0.5) is 5.82 Å². The number of hydrogen-bond donors (Lipinski definition) is 1. The molecule has 4 aromatic heterocycles. The molecule has 4 heterocycles. The number of nitrogens with zero attached hydrogens (tertiary/aromatic N) is 6. The second kappa shape index (κ2) is 8.24. The number of ether oxygens (including phenoxy) is 1. The molecule has 32 heavy (non-hydrogen) atoms. The number of nitrogens with two attached hydrogens (primary N) is 1. The van der Waals surface area contributed by atoms with Crippen LogP contribution in [0.25, 0.3) is 39.8 Å². The van der Waals surface area contributed by atoms with Crippen LogP contribution in [0.15, 0.2) is 67.1 Å². The van der Waals surface area contributed by atoms with Gasteiger partial charge in [-0.2, -0.15) is 0 Å². The van der Waals surface area contributed by atoms with Crippen LogP contribution in [0.1, 0.15) is 9.68 Å². The summed E-state index contributed by atoms with van der Waals surface area (Å²) in [6.45, 7) is 0. The molecule has 0 aliphatic heterocycles. The Bertz CT molecular complexity index is 1500. The Morgan fingerprint density at radius 2 is 1.78 bits per heavy atom. The number of fused-ring (bicyclic) bond motifs is 1. The first-order valence-corrected chi connectivity index (χ1v) is 10.1. The van der Waals surface area contributed by atoms with E-state index < -0.39 is 7.04 Å². The van der Waals surface area contributed by atoms with Gasteiger partial charge in [-0.15, -0.1) is 11.6 Å². The lowest BCUT2D eigenvalue weighted by atomic mass is 10.2. The number of methoxy groups -OCH3 is 1. The Morgan fingerprint density at radius 1 is 0.969 bits per heavy atom. The zero-order chi connectivity index (χ0) is 24.6. The monoisotopic (exact) mass is 446 g/mol. The quantitative estimate of drug-likeness (QED) is 0.402. The zero-order valence-corrected chi connectivity index (χ0v) is 17.4. The number of benzene rings is 1. The molecule has 5 aromatic rings. The molecule has 0 radical (unpaired) electrons. The van der Waals surface area contributed by atoms with Gasteiger partial charge >= 0.3 is 0 Å². The molecule has 0 unspecified atom stereocenters. The van der Waals surface area contributed by atoms with Gasteiger partial charge in [-0.1, -0.05) is 12.1 Å². The van der Waals surface area contributed by atoms with Crippen LogP contribution in [0.3, 0.4) is 0 Å². The van der Waals surface area contributed by atoms with Gasteiger partial charge in [0.05, 0.1) is 28.7 Å². The molecule has 0 bridgehead atoms. The molecule has 5 rings (SSSR count). The number of aromatic nitrogens is 6. The average molecular weight is 447 g/mol. The summed E-state index contributed by atoms with van der Waals surface area (Å²) in [4.78, 5) is 22.4. The van der Waals surface area contributed by atoms with Crippen molar-refractivity contribution in [3.8, 4) is 34.3 Å². The van der Waals surface area contributed by atoms with E-state index >= 15 is 0 Å². The van der Waals surface area contributed by atoms with E-state index in [-0.39, 0.29) is 11.6 Å². The van der Waals surface area contributed by atoms with Gasteiger partial charge in [0.1, 0.15) is 17.0 Å². The average Bonchev–Trinajstić information content (AvgIpc) is 3.22. The smallest absolute Gasteiger partial charge is 0.169 e. The number of pyridine rings is 2. The second-order valence-corrected chi connectivity index (χ2v) is 7.15. The molecule has 0 aliphatic rings. The van der Waals surface area contributed by atoms with E-state index in [0.717, 1.165) is 11.3 Å². The first-order chi connectivity index (χ1) is 16.8. The van der Waals surface area contributed by atoms with Crippen LogP contribution in [0.2, 0.25) is 0 Å². The largest absolute Gasteiger partial charge is 0.495 e. The van der Waals surface area contributed by atoms with Gasteiger partial charge in [-0.3, -0.25) is 9.55 Å². The van der Waals surface area contributed by atoms with Crippen LogP contribution >= 0.6 is 11.6 Å². The summed E-state index contributed by atoms with van der Waals surface area (Å²) in [5, 5.41) is 0. The molecule has 0 atom stereocenters. The van der Waals surface area contributed by atoms with Gasteiger partial charge in [-0.25, -0.2) is 19.9 Å². The highest BCUT2D eigenvalue weighted by molar-refractivity contribution is 6.17. The van der Waals surface area contributed by atoms with Crippen molar-refractivity contribution in [3.05, 3.63) is 72.7 Å². The Labute approximate surface area is 193 Å². The van der Waals surface area contributed by atoms with Crippen molar-refractivity contribution in [2.24, 2.45) is 0 Å². The minimum Gasteiger partial charge on any atom is -0.495 e. The maximum absolute atomic E-state index is 7.23. The molecule has 0 fully saturated rings. The molecular weight excluding hydrogens is 426 g/mol. The van der Waals surface area contributed by atoms with Crippen molar-refractivity contribution in [2.45, 2.75) is 5.88 Å². The van der Waals surface area contributed by atoms with Gasteiger partial charge in [0, 0.05) is 24.0 Å². The lowest BCUT2D eigenvalue weighted by molar-refractivity contribution is 0.413. The number of nitrogen functional groups attached to an aromatic ring is 1. The van der Waals surface area contributed by atoms with Crippen molar-refractivity contribution in [2.75, 3.05) is 12.8 Å². The lowest BCUT2D eigenvalue weighted by Crippen LogP contribution is -2.04. The van der Waals surface area contributed by atoms with E-state index in [9.17, 15) is 0 Å². The highest BCUT2D eigenvalue weighted by Crippen LogP contribution is 2.30. The molecule has 0 saturated carbocycles. The van der Waals surface area contributed by atoms with Crippen molar-refractivity contribution in [1.82, 2.24) is 29.5 Å². The predicted molar refractivity (Wildman–Crippen MR) is 124 cm³/mol. The number of alkyl halides is 1. The summed E-state index contributed by atoms with van der Waals surface area (Å²) >= 11 is 5.97. The van der Waals surface area contributed by atoms with Crippen molar-refractivity contribution in [3.63, 3.8) is 0 Å². The molecule has 9 heteroatoms. The van der Waals surface area contributed by atoms with Gasteiger partial charge in [-0.05, 0) is 42.0 Å². The van der Waals surface area contributed by atoms with Crippen LogP contribution < -0.4 is 10.5 Å². The summed E-state index contributed by atoms with van der Waals surface area (Å²) in [6.07, 6.45) is 4.42. The summed E-state index contributed by atoms with van der Waals surface area (Å²) in [7, 11) is -2.55. The lowest BCUT2D eigenvalue weighted by Gasteiger charge is -2.10. The fourth-order valence-corrected chi connectivity index (χ4v) is 3.53. The van der Waals surface area contributed by atoms with E-state index in [1.807, 2.05) is 34.9 Å². The van der Waals surface area contributed by atoms with E-state index in [1.54, 1.807) is 18.3 Å². The summed E-state index contributed by atoms with van der Waals surface area (Å²) < 4.78 is 28.4. The zero-order valence-electron chi connectivity index (χ0n) is 19.6. The van der Waals surface area contributed by atoms with Crippen LogP contribution in [-0.2, 0) is 5.88 Å². The van der Waals surface area contributed by atoms with Crippen LogP contribution in [0, 0.1) is 0 Å². The number of halogens is 1. The Balaban J connectivity index is 1.66. The third-order valence-corrected chi connectivity index (χ3v) is 5.22. The Kier molecular flexibility index (Phi) is 4.28. The molecule has 0 saturated heterocycles. The molecule has 0 amide bonds. The first-order valence-electron chi connectivity index (χ1n) is 11.1. The molecule has 0 aliphatic carbocycles. The molecule has 1 aromatic carbocycles. The standard InChI is InChI=1S/C23H18ClN7O/c1-32-16-6-7-17(28-13-16)18-8-9-19-22(29-18)31(15-4-2-14(12-24)3-5-15)23(30-19)20-21(25)27-11-10-26-20/h2-11,13H,12H2,1H3,(H2,25,27)/i1D3. The maximum Gasteiger partial charge on any atom is 0.169 e. The van der Waals surface area contributed by atoms with Gasteiger partial charge < -0.3 is 10.5 Å². The fourth-order valence-electron chi connectivity index (χ4n) is 3.35. The topological polar surface area (TPSA) is 105 Å². The number of anilines is 1. The normalized spacial score (nSPS) is 12.8. The molecule has 0 spiro atoms. The SMILES string of the molecule is [2H]C([2H])([2H])Oc1ccc(-c2ccc3nc(-c4nccnc4N)n(-c4ccc(CCl)cc4)c3n2)nc1. The number of imidazole rings is 1. The molecule has 8 nitrogen and oxygen atoms in total. The van der Waals surface area contributed by atoms with E-state index in [1.165, 1.54) is 18.5 Å². The molecule has 158 valence electrons. The van der Waals surface area contributed by atoms with Crippen molar-refractivity contribution in [1.29, 1.82) is 0 Å². The highest BCUT2D eigenvalue weighted by atomic mass is 35.5. The maximum atomic E-state index is 7.23. The minimum atomic E-state index is -2.55. The van der Waals surface area contributed by atoms with Crippen molar-refractivity contribution < 1.29 is 8.85 Å². The van der Waals surface area contributed by atoms with Crippen molar-refractivity contribution >= 4 is 28.6 Å². The Morgan fingerprint density at radius 3 is 2.50 bits per heavy atom. The van der Waals surface area contributed by atoms with Crippen LogP contribution in [-0.4, -0.2) is 36.5 Å². The summed E-state index contributed by atoms with van der Waals surface area (Å²) in [6, 6.07) is 14.5. The summed E-state index contributed by atoms with van der Waals surface area (Å²) in [5.74, 6) is 1.26. The number of rotatable bonds is 5. The van der Waals surface area contributed by atoms with Gasteiger partial charge in [0.25, 0.3) is 0 Å². The van der Waals surface area contributed by atoms with Gasteiger partial charge in [0.15, 0.2) is 17.3 Å². The first kappa shape index (κ1) is 16.6. The predicted octanol–water partition coefficient (Wildman–Crippen LogP) is 4.27. The third kappa shape index (κ3) is 3.50. The highest BCUT2D eigenvalue weighted by Gasteiger charge is 2.20. The van der Waals surface area contributed by atoms with E-state index in [0.29, 0.717) is 40.0 Å². The minimum absolute atomic E-state index is 0.139. The second-order valence-electron chi connectivity index (χ2n) is 6.88. The molecular formula is C23H18ClN7O. The molecule has 2 N–H and O–H groups in total. The fraction of sp³-hybridized carbons (Fsp3) is 0.0870. The van der Waals surface area contributed by atoms with Crippen LogP contribution in [0.5, 0.6) is 5.75 Å². The third-order valence-electron chi connectivity index (χ3n) is 4.91. The number of hydrogen-bond acceptors (Lipinski definition) is 7. The Hall–Kier alpha value is -4.04.